The van der Waals surface area contributed by atoms with Crippen molar-refractivity contribution >= 4 is 15.7 Å². The molecule has 0 aromatic heterocycles. The molecule has 0 unspecified atom stereocenters. The molecule has 24 heavy (non-hydrogen) atoms. The minimum atomic E-state index is -3.10. The first-order chi connectivity index (χ1) is 11.5. The lowest BCUT2D eigenvalue weighted by Gasteiger charge is -2.18. The molecular formula is C19H27NO3S. The van der Waals surface area contributed by atoms with Gasteiger partial charge in [0.15, 0.2) is 9.84 Å². The van der Waals surface area contributed by atoms with Crippen molar-refractivity contribution in [3.05, 3.63) is 35.4 Å². The van der Waals surface area contributed by atoms with Crippen LogP contribution in [0.15, 0.2) is 24.3 Å². The second-order valence-electron chi connectivity index (χ2n) is 7.21. The van der Waals surface area contributed by atoms with Gasteiger partial charge in [-0.15, -0.1) is 0 Å². The summed E-state index contributed by atoms with van der Waals surface area (Å²) in [7, 11) is -3.10. The van der Waals surface area contributed by atoms with Gasteiger partial charge in [0.05, 0.1) is 11.0 Å². The van der Waals surface area contributed by atoms with Gasteiger partial charge in [0.1, 0.15) is 0 Å². The summed E-state index contributed by atoms with van der Waals surface area (Å²) in [5.74, 6) is 0.386. The summed E-state index contributed by atoms with van der Waals surface area (Å²) >= 11 is 0. The van der Waals surface area contributed by atoms with Crippen LogP contribution >= 0.6 is 0 Å². The van der Waals surface area contributed by atoms with E-state index in [1.54, 1.807) is 0 Å². The Bertz CT molecular complexity index is 692. The predicted molar refractivity (Wildman–Crippen MR) is 95.8 cm³/mol. The van der Waals surface area contributed by atoms with Crippen LogP contribution < -0.4 is 0 Å². The monoisotopic (exact) mass is 349 g/mol. The minimum Gasteiger partial charge on any atom is -0.342 e. The van der Waals surface area contributed by atoms with Crippen molar-refractivity contribution in [1.29, 1.82) is 0 Å². The third-order valence-corrected chi connectivity index (χ3v) is 7.84. The summed E-state index contributed by atoms with van der Waals surface area (Å²) in [6.07, 6.45) is 4.65. The summed E-state index contributed by atoms with van der Waals surface area (Å²) in [5, 5.41) is -0.205. The highest BCUT2D eigenvalue weighted by Crippen LogP contribution is 2.30. The molecule has 1 aromatic rings. The van der Waals surface area contributed by atoms with E-state index in [1.807, 2.05) is 17.0 Å². The van der Waals surface area contributed by atoms with Crippen molar-refractivity contribution in [2.24, 2.45) is 0 Å². The molecule has 1 aliphatic carbocycles. The Balaban J connectivity index is 1.54. The van der Waals surface area contributed by atoms with Gasteiger partial charge in [-0.05, 0) is 37.3 Å². The molecule has 0 bridgehead atoms. The maximum Gasteiger partial charge on any atom is 0.223 e. The first-order valence-electron chi connectivity index (χ1n) is 9.02. The molecule has 1 amide bonds. The van der Waals surface area contributed by atoms with E-state index in [0.717, 1.165) is 38.6 Å². The van der Waals surface area contributed by atoms with Gasteiger partial charge in [0.2, 0.25) is 5.91 Å². The summed E-state index contributed by atoms with van der Waals surface area (Å²) in [6, 6.07) is 8.32. The fourth-order valence-electron chi connectivity index (χ4n) is 4.09. The van der Waals surface area contributed by atoms with Crippen LogP contribution in [0.3, 0.4) is 0 Å². The molecule has 4 nitrogen and oxygen atoms in total. The fourth-order valence-corrected chi connectivity index (χ4v) is 5.93. The molecule has 3 rings (SSSR count). The smallest absolute Gasteiger partial charge is 0.223 e. The SMILES string of the molecule is Cc1ccccc1[C@@H]1CCN(C(=O)CCS(=O)(=O)C2CCCC2)C1. The zero-order chi connectivity index (χ0) is 17.2. The van der Waals surface area contributed by atoms with Crippen LogP contribution in [0.2, 0.25) is 0 Å². The molecule has 1 aromatic carbocycles. The van der Waals surface area contributed by atoms with Crippen LogP contribution in [-0.4, -0.2) is 43.3 Å². The Morgan fingerprint density at radius 3 is 2.58 bits per heavy atom. The van der Waals surface area contributed by atoms with E-state index in [9.17, 15) is 13.2 Å². The number of amides is 1. The number of hydrogen-bond acceptors (Lipinski definition) is 3. The van der Waals surface area contributed by atoms with E-state index in [0.29, 0.717) is 12.5 Å². The topological polar surface area (TPSA) is 54.5 Å². The fraction of sp³-hybridized carbons (Fsp3) is 0.632. The van der Waals surface area contributed by atoms with Crippen LogP contribution in [-0.2, 0) is 14.6 Å². The van der Waals surface area contributed by atoms with Crippen LogP contribution in [0.1, 0.15) is 55.6 Å². The molecule has 1 heterocycles. The van der Waals surface area contributed by atoms with Crippen molar-refractivity contribution in [2.45, 2.75) is 56.6 Å². The molecule has 2 aliphatic rings. The van der Waals surface area contributed by atoms with E-state index < -0.39 is 9.84 Å². The first kappa shape index (κ1) is 17.5. The van der Waals surface area contributed by atoms with Gasteiger partial charge in [0, 0.05) is 25.4 Å². The van der Waals surface area contributed by atoms with E-state index in [-0.39, 0.29) is 23.3 Å². The van der Waals surface area contributed by atoms with Crippen LogP contribution in [0.5, 0.6) is 0 Å². The van der Waals surface area contributed by atoms with Crippen molar-refractivity contribution in [2.75, 3.05) is 18.8 Å². The van der Waals surface area contributed by atoms with Crippen LogP contribution in [0.4, 0.5) is 0 Å². The number of likely N-dealkylation sites (tertiary alicyclic amines) is 1. The average molecular weight is 349 g/mol. The van der Waals surface area contributed by atoms with Crippen LogP contribution in [0, 0.1) is 6.92 Å². The van der Waals surface area contributed by atoms with Crippen molar-refractivity contribution in [3.63, 3.8) is 0 Å². The molecule has 0 spiro atoms. The van der Waals surface area contributed by atoms with Crippen molar-refractivity contribution < 1.29 is 13.2 Å². The van der Waals surface area contributed by atoms with E-state index in [2.05, 4.69) is 19.1 Å². The number of carbonyl (C=O) groups excluding carboxylic acids is 1. The van der Waals surface area contributed by atoms with Gasteiger partial charge in [-0.1, -0.05) is 37.1 Å². The summed E-state index contributed by atoms with van der Waals surface area (Å²) in [6.45, 7) is 3.56. The number of hydrogen-bond donors (Lipinski definition) is 0. The summed E-state index contributed by atoms with van der Waals surface area (Å²) in [5.41, 5.74) is 2.58. The minimum absolute atomic E-state index is 0.00680. The van der Waals surface area contributed by atoms with E-state index in [1.165, 1.54) is 11.1 Å². The van der Waals surface area contributed by atoms with Crippen LogP contribution in [0.25, 0.3) is 0 Å². The number of aryl methyl sites for hydroxylation is 1. The highest BCUT2D eigenvalue weighted by Gasteiger charge is 2.31. The lowest BCUT2D eigenvalue weighted by molar-refractivity contribution is -0.129. The van der Waals surface area contributed by atoms with Gasteiger partial charge < -0.3 is 4.90 Å². The zero-order valence-corrected chi connectivity index (χ0v) is 15.2. The highest BCUT2D eigenvalue weighted by molar-refractivity contribution is 7.92. The number of sulfone groups is 1. The Morgan fingerprint density at radius 1 is 1.17 bits per heavy atom. The van der Waals surface area contributed by atoms with Gasteiger partial charge >= 0.3 is 0 Å². The lowest BCUT2D eigenvalue weighted by Crippen LogP contribution is -2.31. The summed E-state index contributed by atoms with van der Waals surface area (Å²) < 4.78 is 24.6. The second-order valence-corrected chi connectivity index (χ2v) is 9.61. The first-order valence-corrected chi connectivity index (χ1v) is 10.7. The van der Waals surface area contributed by atoms with Crippen molar-refractivity contribution in [3.8, 4) is 0 Å². The molecule has 0 radical (unpaired) electrons. The van der Waals surface area contributed by atoms with E-state index >= 15 is 0 Å². The maximum atomic E-state index is 12.4. The molecule has 5 heteroatoms. The molecule has 1 saturated heterocycles. The third-order valence-electron chi connectivity index (χ3n) is 5.58. The Kier molecular flexibility index (Phi) is 5.28. The molecular weight excluding hydrogens is 322 g/mol. The predicted octanol–water partition coefficient (Wildman–Crippen LogP) is 3.06. The second kappa shape index (κ2) is 7.26. The largest absolute Gasteiger partial charge is 0.342 e. The molecule has 132 valence electrons. The van der Waals surface area contributed by atoms with Gasteiger partial charge in [0.25, 0.3) is 0 Å². The molecule has 1 atom stereocenters. The normalized spacial score (nSPS) is 22.2. The lowest BCUT2D eigenvalue weighted by atomic mass is 9.94. The summed E-state index contributed by atoms with van der Waals surface area (Å²) in [4.78, 5) is 14.3. The third kappa shape index (κ3) is 3.82. The Hall–Kier alpha value is -1.36. The average Bonchev–Trinajstić information content (AvgIpc) is 3.25. The molecule has 1 aliphatic heterocycles. The molecule has 1 saturated carbocycles. The number of nitrogens with zero attached hydrogens (tertiary/aromatic N) is 1. The van der Waals surface area contributed by atoms with Gasteiger partial charge in [-0.3, -0.25) is 4.79 Å². The standard InChI is InChI=1S/C19H27NO3S/c1-15-6-2-5-9-18(15)16-10-12-20(14-16)19(21)11-13-24(22,23)17-7-3-4-8-17/h2,5-6,9,16-17H,3-4,7-8,10-14H2,1H3/t16-/m1/s1. The van der Waals surface area contributed by atoms with Gasteiger partial charge in [-0.25, -0.2) is 8.42 Å². The highest BCUT2D eigenvalue weighted by atomic mass is 32.2. The number of benzene rings is 1. The maximum absolute atomic E-state index is 12.4. The zero-order valence-electron chi connectivity index (χ0n) is 14.4. The molecule has 0 N–H and O–H groups in total. The Morgan fingerprint density at radius 2 is 1.88 bits per heavy atom. The quantitative estimate of drug-likeness (QED) is 0.821. The molecule has 2 fully saturated rings. The van der Waals surface area contributed by atoms with Crippen molar-refractivity contribution in [1.82, 2.24) is 4.90 Å². The number of rotatable bonds is 5. The van der Waals surface area contributed by atoms with Gasteiger partial charge in [-0.2, -0.15) is 0 Å². The Labute approximate surface area is 145 Å². The van der Waals surface area contributed by atoms with E-state index in [4.69, 9.17) is 0 Å². The number of carbonyl (C=O) groups is 1.